The fourth-order valence-electron chi connectivity index (χ4n) is 3.26. The first-order valence-electron chi connectivity index (χ1n) is 8.06. The van der Waals surface area contributed by atoms with Crippen molar-refractivity contribution in [1.29, 1.82) is 0 Å². The molecular weight excluding hydrogens is 270 g/mol. The summed E-state index contributed by atoms with van der Waals surface area (Å²) < 4.78 is 0. The third kappa shape index (κ3) is 3.21. The van der Waals surface area contributed by atoms with Crippen LogP contribution in [0.1, 0.15) is 33.9 Å². The van der Waals surface area contributed by atoms with E-state index in [2.05, 4.69) is 60.2 Å². The normalized spacial score (nSPS) is 19.3. The number of hydrogen-bond acceptors (Lipinski definition) is 3. The predicted octanol–water partition coefficient (Wildman–Crippen LogP) is 3.15. The Morgan fingerprint density at radius 3 is 2.59 bits per heavy atom. The fourth-order valence-corrected chi connectivity index (χ4v) is 3.26. The molecule has 0 bridgehead atoms. The van der Waals surface area contributed by atoms with Crippen molar-refractivity contribution >= 4 is 0 Å². The molecule has 116 valence electrons. The standard InChI is InChI=1S/C19H25N3/c1-14-10-16(3)18(11-15(14)2)13-22-9-8-21-12-19(22)17-4-6-20-7-5-17/h4-7,10-11,19,21H,8-9,12-13H2,1-3H3. The summed E-state index contributed by atoms with van der Waals surface area (Å²) in [5.74, 6) is 0. The minimum Gasteiger partial charge on any atom is -0.314 e. The van der Waals surface area contributed by atoms with Crippen LogP contribution in [0.25, 0.3) is 0 Å². The molecule has 0 aliphatic carbocycles. The lowest BCUT2D eigenvalue weighted by Crippen LogP contribution is -2.45. The Bertz CT molecular complexity index is 637. The van der Waals surface area contributed by atoms with E-state index in [1.54, 1.807) is 0 Å². The van der Waals surface area contributed by atoms with Crippen molar-refractivity contribution in [2.24, 2.45) is 0 Å². The van der Waals surface area contributed by atoms with Crippen molar-refractivity contribution in [3.05, 3.63) is 64.5 Å². The fraction of sp³-hybridized carbons (Fsp3) is 0.421. The quantitative estimate of drug-likeness (QED) is 0.943. The van der Waals surface area contributed by atoms with E-state index in [1.165, 1.54) is 27.8 Å². The van der Waals surface area contributed by atoms with Gasteiger partial charge in [0, 0.05) is 44.6 Å². The van der Waals surface area contributed by atoms with E-state index < -0.39 is 0 Å². The van der Waals surface area contributed by atoms with Crippen molar-refractivity contribution in [2.45, 2.75) is 33.4 Å². The molecule has 1 saturated heterocycles. The highest BCUT2D eigenvalue weighted by molar-refractivity contribution is 5.36. The number of aromatic nitrogens is 1. The molecule has 3 rings (SSSR count). The molecule has 1 aliphatic rings. The minimum absolute atomic E-state index is 0.428. The first-order chi connectivity index (χ1) is 10.6. The molecule has 0 amide bonds. The summed E-state index contributed by atoms with van der Waals surface area (Å²) in [4.78, 5) is 6.73. The molecule has 0 radical (unpaired) electrons. The number of pyridine rings is 1. The highest BCUT2D eigenvalue weighted by Gasteiger charge is 2.24. The van der Waals surface area contributed by atoms with Crippen LogP contribution in [0, 0.1) is 20.8 Å². The van der Waals surface area contributed by atoms with Crippen LogP contribution in [-0.2, 0) is 6.54 Å². The number of nitrogens with one attached hydrogen (secondary N) is 1. The number of aryl methyl sites for hydroxylation is 3. The van der Waals surface area contributed by atoms with Crippen molar-refractivity contribution in [3.8, 4) is 0 Å². The monoisotopic (exact) mass is 295 g/mol. The Kier molecular flexibility index (Phi) is 4.55. The van der Waals surface area contributed by atoms with Crippen LogP contribution in [0.3, 0.4) is 0 Å². The molecule has 22 heavy (non-hydrogen) atoms. The van der Waals surface area contributed by atoms with Crippen molar-refractivity contribution in [3.63, 3.8) is 0 Å². The molecule has 3 nitrogen and oxygen atoms in total. The molecule has 1 fully saturated rings. The summed E-state index contributed by atoms with van der Waals surface area (Å²) in [6.07, 6.45) is 3.78. The second-order valence-electron chi connectivity index (χ2n) is 6.33. The van der Waals surface area contributed by atoms with Gasteiger partial charge >= 0.3 is 0 Å². The van der Waals surface area contributed by atoms with Crippen LogP contribution in [-0.4, -0.2) is 29.5 Å². The first kappa shape index (κ1) is 15.2. The summed E-state index contributed by atoms with van der Waals surface area (Å²) in [7, 11) is 0. The van der Waals surface area contributed by atoms with Gasteiger partial charge in [-0.2, -0.15) is 0 Å². The van der Waals surface area contributed by atoms with Crippen LogP contribution in [0.4, 0.5) is 0 Å². The van der Waals surface area contributed by atoms with E-state index in [1.807, 2.05) is 12.4 Å². The molecule has 1 aromatic carbocycles. The number of nitrogens with zero attached hydrogens (tertiary/aromatic N) is 2. The molecule has 0 saturated carbocycles. The van der Waals surface area contributed by atoms with Gasteiger partial charge in [-0.1, -0.05) is 12.1 Å². The molecule has 1 aliphatic heterocycles. The van der Waals surface area contributed by atoms with Gasteiger partial charge < -0.3 is 5.32 Å². The summed E-state index contributed by atoms with van der Waals surface area (Å²) in [6.45, 7) is 10.8. The lowest BCUT2D eigenvalue weighted by atomic mass is 9.98. The third-order valence-corrected chi connectivity index (χ3v) is 4.77. The number of rotatable bonds is 3. The van der Waals surface area contributed by atoms with Gasteiger partial charge in [0.05, 0.1) is 0 Å². The van der Waals surface area contributed by atoms with Crippen LogP contribution >= 0.6 is 0 Å². The zero-order chi connectivity index (χ0) is 15.5. The van der Waals surface area contributed by atoms with Gasteiger partial charge in [0.2, 0.25) is 0 Å². The maximum atomic E-state index is 4.15. The number of benzene rings is 1. The molecule has 2 aromatic rings. The summed E-state index contributed by atoms with van der Waals surface area (Å²) in [5.41, 5.74) is 6.96. The van der Waals surface area contributed by atoms with E-state index in [9.17, 15) is 0 Å². The third-order valence-electron chi connectivity index (χ3n) is 4.77. The molecule has 3 heteroatoms. The van der Waals surface area contributed by atoms with Gasteiger partial charge in [-0.15, -0.1) is 0 Å². The van der Waals surface area contributed by atoms with E-state index in [0.29, 0.717) is 6.04 Å². The zero-order valence-electron chi connectivity index (χ0n) is 13.8. The molecular formula is C19H25N3. The average molecular weight is 295 g/mol. The summed E-state index contributed by atoms with van der Waals surface area (Å²) >= 11 is 0. The second-order valence-corrected chi connectivity index (χ2v) is 6.33. The zero-order valence-corrected chi connectivity index (χ0v) is 13.8. The van der Waals surface area contributed by atoms with E-state index >= 15 is 0 Å². The van der Waals surface area contributed by atoms with Crippen molar-refractivity contribution < 1.29 is 0 Å². The smallest absolute Gasteiger partial charge is 0.0477 e. The Hall–Kier alpha value is -1.71. The van der Waals surface area contributed by atoms with Crippen LogP contribution in [0.5, 0.6) is 0 Å². The number of piperazine rings is 1. The van der Waals surface area contributed by atoms with Gasteiger partial charge in [-0.25, -0.2) is 0 Å². The van der Waals surface area contributed by atoms with Crippen LogP contribution in [0.2, 0.25) is 0 Å². The highest BCUT2D eigenvalue weighted by Crippen LogP contribution is 2.25. The van der Waals surface area contributed by atoms with Gasteiger partial charge in [0.15, 0.2) is 0 Å². The Morgan fingerprint density at radius 1 is 1.09 bits per heavy atom. The molecule has 1 aromatic heterocycles. The summed E-state index contributed by atoms with van der Waals surface area (Å²) in [5, 5.41) is 3.52. The Balaban J connectivity index is 1.84. The van der Waals surface area contributed by atoms with E-state index in [4.69, 9.17) is 0 Å². The first-order valence-corrected chi connectivity index (χ1v) is 8.06. The Labute approximate surface area is 133 Å². The van der Waals surface area contributed by atoms with E-state index in [0.717, 1.165) is 26.2 Å². The van der Waals surface area contributed by atoms with Gasteiger partial charge in [0.1, 0.15) is 0 Å². The van der Waals surface area contributed by atoms with Gasteiger partial charge in [-0.3, -0.25) is 9.88 Å². The van der Waals surface area contributed by atoms with Gasteiger partial charge in [0.25, 0.3) is 0 Å². The SMILES string of the molecule is Cc1cc(C)c(CN2CCNCC2c2ccncc2)cc1C. The average Bonchev–Trinajstić information content (AvgIpc) is 2.54. The molecule has 1 unspecified atom stereocenters. The van der Waals surface area contributed by atoms with Crippen molar-refractivity contribution in [1.82, 2.24) is 15.2 Å². The van der Waals surface area contributed by atoms with E-state index in [-0.39, 0.29) is 0 Å². The highest BCUT2D eigenvalue weighted by atomic mass is 15.2. The maximum absolute atomic E-state index is 4.15. The summed E-state index contributed by atoms with van der Waals surface area (Å²) in [6, 6.07) is 9.37. The van der Waals surface area contributed by atoms with Gasteiger partial charge in [-0.05, 0) is 60.7 Å². The molecule has 2 heterocycles. The van der Waals surface area contributed by atoms with Crippen LogP contribution < -0.4 is 5.32 Å². The molecule has 1 atom stereocenters. The minimum atomic E-state index is 0.428. The number of hydrogen-bond donors (Lipinski definition) is 1. The molecule has 1 N–H and O–H groups in total. The Morgan fingerprint density at radius 2 is 1.82 bits per heavy atom. The second kappa shape index (κ2) is 6.59. The largest absolute Gasteiger partial charge is 0.314 e. The van der Waals surface area contributed by atoms with Crippen molar-refractivity contribution in [2.75, 3.05) is 19.6 Å². The molecule has 0 spiro atoms. The maximum Gasteiger partial charge on any atom is 0.0477 e. The van der Waals surface area contributed by atoms with Crippen LogP contribution in [0.15, 0.2) is 36.7 Å². The lowest BCUT2D eigenvalue weighted by Gasteiger charge is -2.37. The lowest BCUT2D eigenvalue weighted by molar-refractivity contribution is 0.153. The topological polar surface area (TPSA) is 28.2 Å². The predicted molar refractivity (Wildman–Crippen MR) is 90.9 cm³/mol.